The molecule has 0 bridgehead atoms. The normalized spacial score (nSPS) is 16.4. The zero-order valence-corrected chi connectivity index (χ0v) is 15.5. The lowest BCUT2D eigenvalue weighted by Crippen LogP contribution is -2.43. The largest absolute Gasteiger partial charge is 0.497 e. The molecular weight excluding hydrogens is 336 g/mol. The fraction of sp³-hybridized carbons (Fsp3) is 0.421. The molecule has 2 aromatic rings. The Balaban J connectivity index is 1.73. The molecule has 0 unspecified atom stereocenters. The third kappa shape index (κ3) is 4.39. The molecule has 6 heteroatoms. The average molecular weight is 360 g/mol. The van der Waals surface area contributed by atoms with E-state index in [-0.39, 0.29) is 11.9 Å². The van der Waals surface area contributed by atoms with Crippen molar-refractivity contribution in [2.75, 3.05) is 40.0 Å². The second-order valence-electron chi connectivity index (χ2n) is 6.08. The first-order valence-corrected chi connectivity index (χ1v) is 9.35. The summed E-state index contributed by atoms with van der Waals surface area (Å²) < 4.78 is 10.7. The fourth-order valence-electron chi connectivity index (χ4n) is 3.05. The van der Waals surface area contributed by atoms with E-state index in [2.05, 4.69) is 22.3 Å². The van der Waals surface area contributed by atoms with Crippen LogP contribution in [0.2, 0.25) is 0 Å². The first kappa shape index (κ1) is 17.9. The molecule has 1 amide bonds. The van der Waals surface area contributed by atoms with Crippen LogP contribution < -0.4 is 10.1 Å². The van der Waals surface area contributed by atoms with E-state index in [0.717, 1.165) is 42.5 Å². The summed E-state index contributed by atoms with van der Waals surface area (Å²) in [5.41, 5.74) is 2.20. The third-order valence-corrected chi connectivity index (χ3v) is 5.53. The highest BCUT2D eigenvalue weighted by molar-refractivity contribution is 7.12. The summed E-state index contributed by atoms with van der Waals surface area (Å²) in [6.07, 6.45) is 0. The molecule has 134 valence electrons. The first-order chi connectivity index (χ1) is 12.2. The van der Waals surface area contributed by atoms with Crippen molar-refractivity contribution in [3.05, 3.63) is 51.7 Å². The smallest absolute Gasteiger partial charge is 0.261 e. The van der Waals surface area contributed by atoms with Gasteiger partial charge in [-0.1, -0.05) is 12.1 Å². The minimum atomic E-state index is -0.000675. The van der Waals surface area contributed by atoms with Gasteiger partial charge in [-0.3, -0.25) is 9.69 Å². The number of aryl methyl sites for hydroxylation is 1. The molecule has 1 fully saturated rings. The van der Waals surface area contributed by atoms with Crippen molar-refractivity contribution in [1.29, 1.82) is 0 Å². The summed E-state index contributed by atoms with van der Waals surface area (Å²) in [7, 11) is 1.66. The van der Waals surface area contributed by atoms with Gasteiger partial charge >= 0.3 is 0 Å². The van der Waals surface area contributed by atoms with Gasteiger partial charge in [0.1, 0.15) is 5.75 Å². The molecule has 1 N–H and O–H groups in total. The lowest BCUT2D eigenvalue weighted by Gasteiger charge is -2.35. The van der Waals surface area contributed by atoms with Crippen molar-refractivity contribution in [3.8, 4) is 5.75 Å². The lowest BCUT2D eigenvalue weighted by molar-refractivity contribution is 0.0162. The fourth-order valence-corrected chi connectivity index (χ4v) is 3.89. The van der Waals surface area contributed by atoms with Gasteiger partial charge < -0.3 is 14.8 Å². The van der Waals surface area contributed by atoms with Gasteiger partial charge in [0, 0.05) is 19.6 Å². The predicted octanol–water partition coefficient (Wildman–Crippen LogP) is 2.87. The number of rotatable bonds is 6. The van der Waals surface area contributed by atoms with E-state index in [1.165, 1.54) is 16.9 Å². The van der Waals surface area contributed by atoms with Crippen molar-refractivity contribution in [3.63, 3.8) is 0 Å². The molecule has 0 spiro atoms. The van der Waals surface area contributed by atoms with Crippen LogP contribution in [0.5, 0.6) is 5.75 Å². The molecule has 1 aromatic heterocycles. The summed E-state index contributed by atoms with van der Waals surface area (Å²) >= 11 is 1.48. The molecule has 2 heterocycles. The van der Waals surface area contributed by atoms with Crippen LogP contribution in [0.4, 0.5) is 0 Å². The highest BCUT2D eigenvalue weighted by Crippen LogP contribution is 2.24. The van der Waals surface area contributed by atoms with Crippen LogP contribution in [0, 0.1) is 6.92 Å². The van der Waals surface area contributed by atoms with Crippen molar-refractivity contribution < 1.29 is 14.3 Å². The van der Waals surface area contributed by atoms with E-state index in [1.54, 1.807) is 7.11 Å². The number of nitrogens with zero attached hydrogens (tertiary/aromatic N) is 1. The van der Waals surface area contributed by atoms with Gasteiger partial charge in [0.25, 0.3) is 5.91 Å². The molecule has 5 nitrogen and oxygen atoms in total. The zero-order valence-electron chi connectivity index (χ0n) is 14.7. The van der Waals surface area contributed by atoms with Gasteiger partial charge in [-0.15, -0.1) is 11.3 Å². The number of carbonyl (C=O) groups is 1. The Hall–Kier alpha value is -1.89. The van der Waals surface area contributed by atoms with Crippen LogP contribution in [0.15, 0.2) is 35.7 Å². The van der Waals surface area contributed by atoms with Gasteiger partial charge in [-0.2, -0.15) is 0 Å². The van der Waals surface area contributed by atoms with Crippen molar-refractivity contribution in [2.45, 2.75) is 13.0 Å². The minimum absolute atomic E-state index is 0.000675. The Kier molecular flexibility index (Phi) is 6.07. The Morgan fingerprint density at radius 1 is 1.28 bits per heavy atom. The van der Waals surface area contributed by atoms with Crippen LogP contribution in [-0.4, -0.2) is 50.8 Å². The zero-order chi connectivity index (χ0) is 17.6. The molecule has 0 radical (unpaired) electrons. The Morgan fingerprint density at radius 2 is 2.00 bits per heavy atom. The van der Waals surface area contributed by atoms with Gasteiger partial charge in [0.05, 0.1) is 31.2 Å². The van der Waals surface area contributed by atoms with Crippen molar-refractivity contribution in [2.24, 2.45) is 0 Å². The van der Waals surface area contributed by atoms with Gasteiger partial charge in [0.15, 0.2) is 0 Å². The summed E-state index contributed by atoms with van der Waals surface area (Å²) in [4.78, 5) is 15.6. The summed E-state index contributed by atoms with van der Waals surface area (Å²) in [6.45, 7) is 5.72. The lowest BCUT2D eigenvalue weighted by atomic mass is 10.0. The maximum Gasteiger partial charge on any atom is 0.261 e. The maximum atomic E-state index is 12.5. The van der Waals surface area contributed by atoms with E-state index < -0.39 is 0 Å². The van der Waals surface area contributed by atoms with Crippen LogP contribution in [-0.2, 0) is 4.74 Å². The van der Waals surface area contributed by atoms with Crippen LogP contribution in [0.3, 0.4) is 0 Å². The average Bonchev–Trinajstić information content (AvgIpc) is 3.09. The third-order valence-electron chi connectivity index (χ3n) is 4.51. The predicted molar refractivity (Wildman–Crippen MR) is 99.5 cm³/mol. The number of ether oxygens (including phenoxy) is 2. The molecule has 0 saturated carbocycles. The molecular formula is C19H24N2O3S. The Bertz CT molecular complexity index is 693. The summed E-state index contributed by atoms with van der Waals surface area (Å²) in [5.74, 6) is 0.835. The molecule has 1 aliphatic heterocycles. The van der Waals surface area contributed by atoms with Gasteiger partial charge in [-0.05, 0) is 41.6 Å². The SMILES string of the molecule is COc1ccc([C@@H](CNC(=O)c2sccc2C)N2CCOCC2)cc1. The standard InChI is InChI=1S/C19H24N2O3S/c1-14-7-12-25-18(14)19(22)20-13-17(21-8-10-24-11-9-21)15-3-5-16(23-2)6-4-15/h3-7,12,17H,8-11,13H2,1-2H3,(H,20,22)/t17-/m1/s1. The highest BCUT2D eigenvalue weighted by Gasteiger charge is 2.24. The van der Waals surface area contributed by atoms with E-state index in [9.17, 15) is 4.79 Å². The topological polar surface area (TPSA) is 50.8 Å². The number of benzene rings is 1. The van der Waals surface area contributed by atoms with Crippen LogP contribution >= 0.6 is 11.3 Å². The number of thiophene rings is 1. The number of carbonyl (C=O) groups excluding carboxylic acids is 1. The molecule has 25 heavy (non-hydrogen) atoms. The second-order valence-corrected chi connectivity index (χ2v) is 7.00. The first-order valence-electron chi connectivity index (χ1n) is 8.47. The highest BCUT2D eigenvalue weighted by atomic mass is 32.1. The monoisotopic (exact) mass is 360 g/mol. The second kappa shape index (κ2) is 8.47. The number of methoxy groups -OCH3 is 1. The number of hydrogen-bond acceptors (Lipinski definition) is 5. The quantitative estimate of drug-likeness (QED) is 0.861. The Morgan fingerprint density at radius 3 is 2.60 bits per heavy atom. The Labute approximate surface area is 152 Å². The van der Waals surface area contributed by atoms with Crippen LogP contribution in [0.25, 0.3) is 0 Å². The molecule has 1 aromatic carbocycles. The van der Waals surface area contributed by atoms with E-state index in [4.69, 9.17) is 9.47 Å². The summed E-state index contributed by atoms with van der Waals surface area (Å²) in [5, 5.41) is 5.06. The minimum Gasteiger partial charge on any atom is -0.497 e. The van der Waals surface area contributed by atoms with Gasteiger partial charge in [-0.25, -0.2) is 0 Å². The number of amides is 1. The number of morpholine rings is 1. The van der Waals surface area contributed by atoms with Gasteiger partial charge in [0.2, 0.25) is 0 Å². The molecule has 1 atom stereocenters. The molecule has 0 aliphatic carbocycles. The van der Waals surface area contributed by atoms with E-state index in [1.807, 2.05) is 30.5 Å². The van der Waals surface area contributed by atoms with Crippen molar-refractivity contribution in [1.82, 2.24) is 10.2 Å². The summed E-state index contributed by atoms with van der Waals surface area (Å²) in [6, 6.07) is 10.2. The number of hydrogen-bond donors (Lipinski definition) is 1. The molecule has 1 saturated heterocycles. The van der Waals surface area contributed by atoms with E-state index in [0.29, 0.717) is 6.54 Å². The number of nitrogens with one attached hydrogen (secondary N) is 1. The van der Waals surface area contributed by atoms with E-state index >= 15 is 0 Å². The van der Waals surface area contributed by atoms with Crippen molar-refractivity contribution >= 4 is 17.2 Å². The maximum absolute atomic E-state index is 12.5. The molecule has 1 aliphatic rings. The van der Waals surface area contributed by atoms with Crippen LogP contribution in [0.1, 0.15) is 26.8 Å². The molecule has 3 rings (SSSR count).